The van der Waals surface area contributed by atoms with Gasteiger partial charge in [0.2, 0.25) is 5.91 Å². The van der Waals surface area contributed by atoms with E-state index in [1.54, 1.807) is 20.8 Å². The highest BCUT2D eigenvalue weighted by atomic mass is 32.2. The molecule has 2 amide bonds. The Morgan fingerprint density at radius 2 is 1.68 bits per heavy atom. The summed E-state index contributed by atoms with van der Waals surface area (Å²) in [5.74, 6) is -4.80. The molecule has 3 unspecified atom stereocenters. The number of hydrogen-bond donors (Lipinski definition) is 3. The summed E-state index contributed by atoms with van der Waals surface area (Å²) in [6, 6.07) is 9.45. The van der Waals surface area contributed by atoms with E-state index in [4.69, 9.17) is 10.5 Å². The van der Waals surface area contributed by atoms with Crippen LogP contribution in [0.15, 0.2) is 60.7 Å². The summed E-state index contributed by atoms with van der Waals surface area (Å²) in [5.41, 5.74) is 6.24. The molecule has 50 heavy (non-hydrogen) atoms. The second-order valence-electron chi connectivity index (χ2n) is 13.9. The highest BCUT2D eigenvalue weighted by molar-refractivity contribution is 7.92. The zero-order valence-corrected chi connectivity index (χ0v) is 28.9. The fourth-order valence-electron chi connectivity index (χ4n) is 6.78. The molecule has 9 nitrogen and oxygen atoms in total. The number of benzene rings is 3. The van der Waals surface area contributed by atoms with Gasteiger partial charge in [0.1, 0.15) is 28.9 Å². The molecule has 0 saturated carbocycles. The lowest BCUT2D eigenvalue weighted by Crippen LogP contribution is -2.54. The van der Waals surface area contributed by atoms with E-state index >= 15 is 4.39 Å². The van der Waals surface area contributed by atoms with Crippen molar-refractivity contribution < 1.29 is 40.3 Å². The minimum atomic E-state index is -3.49. The lowest BCUT2D eigenvalue weighted by molar-refractivity contribution is -0.117. The first-order valence-corrected chi connectivity index (χ1v) is 18.2. The van der Waals surface area contributed by atoms with Gasteiger partial charge in [-0.15, -0.1) is 0 Å². The molecule has 2 fully saturated rings. The van der Waals surface area contributed by atoms with Crippen LogP contribution in [-0.2, 0) is 25.8 Å². The largest absolute Gasteiger partial charge is 0.444 e. The third kappa shape index (κ3) is 8.82. The number of hydrogen-bond acceptors (Lipinski definition) is 7. The quantitative estimate of drug-likeness (QED) is 0.265. The number of carbonyl (C=O) groups is 2. The van der Waals surface area contributed by atoms with Gasteiger partial charge in [-0.2, -0.15) is 0 Å². The number of nitrogens with two attached hydrogens (primary N) is 1. The van der Waals surface area contributed by atoms with Gasteiger partial charge in [0.15, 0.2) is 9.84 Å². The fourth-order valence-corrected chi connectivity index (χ4v) is 8.77. The summed E-state index contributed by atoms with van der Waals surface area (Å²) in [6.07, 6.45) is 0.637. The van der Waals surface area contributed by atoms with Gasteiger partial charge < -0.3 is 26.0 Å². The molecule has 4 N–H and O–H groups in total. The second-order valence-corrected chi connectivity index (χ2v) is 16.2. The Labute approximate surface area is 289 Å². The van der Waals surface area contributed by atoms with Crippen LogP contribution < -0.4 is 16.4 Å². The summed E-state index contributed by atoms with van der Waals surface area (Å²) in [4.78, 5) is 28.5. The van der Waals surface area contributed by atoms with E-state index in [0.29, 0.717) is 24.5 Å². The summed E-state index contributed by atoms with van der Waals surface area (Å²) in [5, 5.41) is 5.12. The van der Waals surface area contributed by atoms with Gasteiger partial charge >= 0.3 is 6.09 Å². The molecule has 0 radical (unpaired) electrons. The Balaban J connectivity index is 1.37. The molecule has 5 rings (SSSR count). The molecule has 0 spiro atoms. The molecule has 14 heteroatoms. The van der Waals surface area contributed by atoms with Crippen LogP contribution in [0, 0.1) is 23.3 Å². The van der Waals surface area contributed by atoms with Crippen LogP contribution in [-0.4, -0.2) is 73.1 Å². The summed E-state index contributed by atoms with van der Waals surface area (Å²) in [6.45, 7) is 5.41. The van der Waals surface area contributed by atoms with Crippen molar-refractivity contribution in [2.75, 3.05) is 24.2 Å². The maximum Gasteiger partial charge on any atom is 0.410 e. The number of ether oxygens (including phenoxy) is 1. The summed E-state index contributed by atoms with van der Waals surface area (Å²) >= 11 is 0. The molecule has 2 saturated heterocycles. The zero-order valence-electron chi connectivity index (χ0n) is 28.1. The monoisotopic (exact) mass is 718 g/mol. The van der Waals surface area contributed by atoms with Crippen molar-refractivity contribution in [3.63, 3.8) is 0 Å². The van der Waals surface area contributed by atoms with Crippen molar-refractivity contribution in [2.24, 2.45) is 5.73 Å². The summed E-state index contributed by atoms with van der Waals surface area (Å²) < 4.78 is 89.4. The van der Waals surface area contributed by atoms with Crippen molar-refractivity contribution in [3.05, 3.63) is 101 Å². The SMILES string of the molecule is CC(C)(C)OC(=O)N1CC(CCc2c(F)cccc2NC(=O)[C@@H](N)[C@@H](c2ccc(F)cc2)c2cc(F)cc(F)c2)NCC2C1CCCS2(=O)=O. The number of anilines is 1. The highest BCUT2D eigenvalue weighted by Gasteiger charge is 2.45. The van der Waals surface area contributed by atoms with Gasteiger partial charge in [0.05, 0.1) is 23.1 Å². The van der Waals surface area contributed by atoms with E-state index < -0.39 is 80.0 Å². The van der Waals surface area contributed by atoms with Crippen LogP contribution in [0.4, 0.5) is 28.0 Å². The van der Waals surface area contributed by atoms with Crippen molar-refractivity contribution in [3.8, 4) is 0 Å². The van der Waals surface area contributed by atoms with Crippen LogP contribution in [0.3, 0.4) is 0 Å². The van der Waals surface area contributed by atoms with Crippen molar-refractivity contribution in [1.82, 2.24) is 10.2 Å². The van der Waals surface area contributed by atoms with E-state index in [1.807, 2.05) is 0 Å². The maximum atomic E-state index is 15.4. The third-order valence-corrected chi connectivity index (χ3v) is 11.4. The van der Waals surface area contributed by atoms with Crippen molar-refractivity contribution in [2.45, 2.75) is 81.3 Å². The lowest BCUT2D eigenvalue weighted by atomic mass is 9.84. The standard InChI is InChI=1S/C36H42F4N4O5S/c1-36(2,3)49-35(46)44-20-26(42-19-31-30(44)8-5-15-50(31,47)48)13-14-27-28(40)6-4-7-29(27)43-34(45)33(41)32(21-9-11-23(37)12-10-21)22-16-24(38)18-25(39)17-22/h4,6-7,9-12,16-18,26,30-33,42H,5,8,13-15,19-20,41H2,1-3H3,(H,43,45)/t26?,30?,31?,32-,33-/m0/s1. The molecule has 3 aromatic rings. The Hall–Kier alpha value is -4.01. The second kappa shape index (κ2) is 15.1. The highest BCUT2D eigenvalue weighted by Crippen LogP contribution is 2.32. The number of fused-ring (bicyclic) bond motifs is 1. The number of nitrogens with one attached hydrogen (secondary N) is 2. The Morgan fingerprint density at radius 3 is 2.34 bits per heavy atom. The zero-order chi connectivity index (χ0) is 36.4. The molecular formula is C36H42F4N4O5S. The molecule has 270 valence electrons. The van der Waals surface area contributed by atoms with Crippen LogP contribution >= 0.6 is 0 Å². The number of halogens is 4. The van der Waals surface area contributed by atoms with Crippen molar-refractivity contribution >= 4 is 27.5 Å². The summed E-state index contributed by atoms with van der Waals surface area (Å²) in [7, 11) is -3.49. The van der Waals surface area contributed by atoms with Crippen LogP contribution in [0.5, 0.6) is 0 Å². The predicted molar refractivity (Wildman–Crippen MR) is 181 cm³/mol. The van der Waals surface area contributed by atoms with Crippen LogP contribution in [0.1, 0.15) is 62.6 Å². The van der Waals surface area contributed by atoms with E-state index in [0.717, 1.165) is 24.3 Å². The average Bonchev–Trinajstić information content (AvgIpc) is 3.21. The number of nitrogens with zero attached hydrogens (tertiary/aromatic N) is 1. The van der Waals surface area contributed by atoms with Crippen LogP contribution in [0.25, 0.3) is 0 Å². The lowest BCUT2D eigenvalue weighted by Gasteiger charge is -2.38. The number of carbonyl (C=O) groups excluding carboxylic acids is 2. The van der Waals surface area contributed by atoms with E-state index in [9.17, 15) is 31.2 Å². The average molecular weight is 719 g/mol. The Morgan fingerprint density at radius 1 is 1.00 bits per heavy atom. The van der Waals surface area contributed by atoms with Gasteiger partial charge in [-0.1, -0.05) is 18.2 Å². The molecule has 3 aromatic carbocycles. The minimum Gasteiger partial charge on any atom is -0.444 e. The molecule has 2 heterocycles. The Bertz CT molecular complexity index is 1800. The van der Waals surface area contributed by atoms with Crippen molar-refractivity contribution in [1.29, 1.82) is 0 Å². The number of sulfone groups is 1. The molecule has 0 aromatic heterocycles. The molecule has 2 aliphatic heterocycles. The van der Waals surface area contributed by atoms with E-state index in [-0.39, 0.29) is 48.5 Å². The smallest absolute Gasteiger partial charge is 0.410 e. The predicted octanol–water partition coefficient (Wildman–Crippen LogP) is 5.43. The third-order valence-electron chi connectivity index (χ3n) is 9.13. The topological polar surface area (TPSA) is 131 Å². The number of amides is 2. The first-order valence-electron chi connectivity index (χ1n) is 16.5. The van der Waals surface area contributed by atoms with Gasteiger partial charge in [-0.3, -0.25) is 4.79 Å². The molecule has 2 aliphatic rings. The first kappa shape index (κ1) is 37.3. The van der Waals surface area contributed by atoms with E-state index in [2.05, 4.69) is 10.6 Å². The number of rotatable bonds is 8. The van der Waals surface area contributed by atoms with Crippen LogP contribution in [0.2, 0.25) is 0 Å². The van der Waals surface area contributed by atoms with Gasteiger partial charge in [0.25, 0.3) is 0 Å². The fraction of sp³-hybridized carbons (Fsp3) is 0.444. The molecule has 0 bridgehead atoms. The minimum absolute atomic E-state index is 0.0270. The maximum absolute atomic E-state index is 15.4. The van der Waals surface area contributed by atoms with Gasteiger partial charge in [-0.05, 0) is 94.0 Å². The van der Waals surface area contributed by atoms with E-state index in [1.165, 1.54) is 35.2 Å². The molecule has 5 atom stereocenters. The van der Waals surface area contributed by atoms with Gasteiger partial charge in [0, 0.05) is 42.4 Å². The van der Waals surface area contributed by atoms with Gasteiger partial charge in [-0.25, -0.2) is 30.8 Å². The normalized spacial score (nSPS) is 21.8. The Kier molecular flexibility index (Phi) is 11.2. The molecular weight excluding hydrogens is 676 g/mol. The molecule has 0 aliphatic carbocycles. The first-order chi connectivity index (χ1) is 23.5.